The highest BCUT2D eigenvalue weighted by Gasteiger charge is 2.21. The van der Waals surface area contributed by atoms with Crippen LogP contribution in [0, 0.1) is 0 Å². The summed E-state index contributed by atoms with van der Waals surface area (Å²) in [5.74, 6) is 0.955. The highest BCUT2D eigenvalue weighted by atomic mass is 127. The number of methoxy groups -OCH3 is 1. The Morgan fingerprint density at radius 3 is 2.57 bits per heavy atom. The zero-order valence-electron chi connectivity index (χ0n) is 16.6. The van der Waals surface area contributed by atoms with E-state index in [0.717, 1.165) is 56.5 Å². The van der Waals surface area contributed by atoms with Gasteiger partial charge in [0.25, 0.3) is 0 Å². The fourth-order valence-corrected chi connectivity index (χ4v) is 3.24. The van der Waals surface area contributed by atoms with Crippen LogP contribution in [0.3, 0.4) is 0 Å². The smallest absolute Gasteiger partial charge is 0.194 e. The number of rotatable bonds is 7. The Balaban J connectivity index is 0.00000280. The van der Waals surface area contributed by atoms with E-state index < -0.39 is 0 Å². The lowest BCUT2D eigenvalue weighted by Crippen LogP contribution is -2.52. The molecule has 28 heavy (non-hydrogen) atoms. The molecule has 2 heterocycles. The van der Waals surface area contributed by atoms with Crippen LogP contribution in [0.5, 0.6) is 0 Å². The summed E-state index contributed by atoms with van der Waals surface area (Å²) in [5, 5.41) is 7.42. The Morgan fingerprint density at radius 2 is 1.96 bits per heavy atom. The maximum Gasteiger partial charge on any atom is 0.194 e. The second-order valence-electron chi connectivity index (χ2n) is 6.58. The molecule has 154 valence electrons. The lowest BCUT2D eigenvalue weighted by atomic mass is 10.1. The Kier molecular flexibility index (Phi) is 9.72. The minimum absolute atomic E-state index is 0. The van der Waals surface area contributed by atoms with Gasteiger partial charge in [0.1, 0.15) is 12.4 Å². The number of aromatic nitrogens is 1. The second kappa shape index (κ2) is 12.0. The molecule has 0 aliphatic carbocycles. The van der Waals surface area contributed by atoms with Gasteiger partial charge in [0, 0.05) is 52.4 Å². The van der Waals surface area contributed by atoms with E-state index in [1.165, 1.54) is 0 Å². The molecule has 0 radical (unpaired) electrons. The summed E-state index contributed by atoms with van der Waals surface area (Å²) < 4.78 is 10.6. The van der Waals surface area contributed by atoms with Crippen LogP contribution >= 0.6 is 24.0 Å². The number of benzene rings is 1. The van der Waals surface area contributed by atoms with Crippen molar-refractivity contribution >= 4 is 29.9 Å². The SMILES string of the molecule is CCNC(=NCC(OC)c1ccccc1)N1CCN(Cc2ccon2)CC1.I. The van der Waals surface area contributed by atoms with Gasteiger partial charge in [-0.1, -0.05) is 35.5 Å². The van der Waals surface area contributed by atoms with Crippen LogP contribution in [-0.4, -0.2) is 67.3 Å². The first kappa shape index (κ1) is 22.6. The van der Waals surface area contributed by atoms with E-state index in [2.05, 4.69) is 39.3 Å². The fraction of sp³-hybridized carbons (Fsp3) is 0.500. The molecule has 1 N–H and O–H groups in total. The number of nitrogens with zero attached hydrogens (tertiary/aromatic N) is 4. The van der Waals surface area contributed by atoms with Crippen LogP contribution in [0.4, 0.5) is 0 Å². The number of nitrogens with one attached hydrogen (secondary N) is 1. The van der Waals surface area contributed by atoms with Gasteiger partial charge in [-0.15, -0.1) is 24.0 Å². The molecule has 0 saturated carbocycles. The topological polar surface area (TPSA) is 66.1 Å². The molecule has 2 aromatic rings. The molecule has 1 atom stereocenters. The predicted molar refractivity (Wildman–Crippen MR) is 121 cm³/mol. The van der Waals surface area contributed by atoms with Gasteiger partial charge in [-0.05, 0) is 12.5 Å². The number of hydrogen-bond donors (Lipinski definition) is 1. The molecule has 7 nitrogen and oxygen atoms in total. The van der Waals surface area contributed by atoms with Crippen molar-refractivity contribution in [2.45, 2.75) is 19.6 Å². The number of hydrogen-bond acceptors (Lipinski definition) is 5. The first-order chi connectivity index (χ1) is 13.3. The lowest BCUT2D eigenvalue weighted by Gasteiger charge is -2.36. The van der Waals surface area contributed by atoms with Crippen molar-refractivity contribution in [3.05, 3.63) is 53.9 Å². The molecule has 1 aliphatic heterocycles. The molecule has 3 rings (SSSR count). The third-order valence-electron chi connectivity index (χ3n) is 4.75. The number of aliphatic imine (C=N–C) groups is 1. The maximum atomic E-state index is 5.65. The van der Waals surface area contributed by atoms with E-state index in [9.17, 15) is 0 Å². The second-order valence-corrected chi connectivity index (χ2v) is 6.58. The molecule has 8 heteroatoms. The van der Waals surface area contributed by atoms with Crippen molar-refractivity contribution < 1.29 is 9.26 Å². The number of guanidine groups is 1. The number of piperazine rings is 1. The molecular formula is C20H30IN5O2. The summed E-state index contributed by atoms with van der Waals surface area (Å²) >= 11 is 0. The first-order valence-electron chi connectivity index (χ1n) is 9.52. The van der Waals surface area contributed by atoms with Gasteiger partial charge in [-0.25, -0.2) is 0 Å². The maximum absolute atomic E-state index is 5.65. The third kappa shape index (κ3) is 6.46. The zero-order chi connectivity index (χ0) is 18.9. The summed E-state index contributed by atoms with van der Waals surface area (Å²) in [5.41, 5.74) is 2.13. The Morgan fingerprint density at radius 1 is 1.21 bits per heavy atom. The molecule has 0 amide bonds. The lowest BCUT2D eigenvalue weighted by molar-refractivity contribution is 0.110. The first-order valence-corrected chi connectivity index (χ1v) is 9.52. The highest BCUT2D eigenvalue weighted by molar-refractivity contribution is 14.0. The molecule has 1 saturated heterocycles. The summed E-state index contributed by atoms with van der Waals surface area (Å²) in [7, 11) is 1.74. The van der Waals surface area contributed by atoms with E-state index in [1.54, 1.807) is 13.4 Å². The predicted octanol–water partition coefficient (Wildman–Crippen LogP) is 2.76. The molecule has 0 bridgehead atoms. The van der Waals surface area contributed by atoms with Crippen molar-refractivity contribution in [1.82, 2.24) is 20.3 Å². The standard InChI is InChI=1S/C20H29N5O2.HI/c1-3-21-20(22-15-19(26-2)17-7-5-4-6-8-17)25-12-10-24(11-13-25)16-18-9-14-27-23-18;/h4-9,14,19H,3,10-13,15-16H2,1-2H3,(H,21,22);1H. The molecule has 1 aromatic heterocycles. The zero-order valence-corrected chi connectivity index (χ0v) is 18.9. The van der Waals surface area contributed by atoms with E-state index >= 15 is 0 Å². The van der Waals surface area contributed by atoms with E-state index in [-0.39, 0.29) is 30.1 Å². The number of ether oxygens (including phenoxy) is 1. The normalized spacial score (nSPS) is 16.5. The summed E-state index contributed by atoms with van der Waals surface area (Å²) in [6.07, 6.45) is 1.59. The molecule has 1 aromatic carbocycles. The van der Waals surface area contributed by atoms with Gasteiger partial charge < -0.3 is 19.5 Å². The van der Waals surface area contributed by atoms with Gasteiger partial charge in [0.05, 0.1) is 12.2 Å². The van der Waals surface area contributed by atoms with Crippen LogP contribution < -0.4 is 5.32 Å². The van der Waals surface area contributed by atoms with Crippen LogP contribution in [0.1, 0.15) is 24.3 Å². The average Bonchev–Trinajstić information content (AvgIpc) is 3.22. The largest absolute Gasteiger partial charge is 0.375 e. The highest BCUT2D eigenvalue weighted by Crippen LogP contribution is 2.16. The molecule has 1 aliphatic rings. The third-order valence-corrected chi connectivity index (χ3v) is 4.75. The van der Waals surface area contributed by atoms with Gasteiger partial charge in [0.2, 0.25) is 0 Å². The minimum atomic E-state index is -0.0340. The van der Waals surface area contributed by atoms with Crippen molar-refractivity contribution in [2.24, 2.45) is 4.99 Å². The minimum Gasteiger partial charge on any atom is -0.375 e. The summed E-state index contributed by atoms with van der Waals surface area (Å²) in [4.78, 5) is 9.55. The van der Waals surface area contributed by atoms with E-state index in [4.69, 9.17) is 14.3 Å². The monoisotopic (exact) mass is 499 g/mol. The van der Waals surface area contributed by atoms with E-state index in [1.807, 2.05) is 24.3 Å². The van der Waals surface area contributed by atoms with Crippen molar-refractivity contribution in [2.75, 3.05) is 46.4 Å². The van der Waals surface area contributed by atoms with Crippen molar-refractivity contribution in [3.63, 3.8) is 0 Å². The summed E-state index contributed by atoms with van der Waals surface area (Å²) in [6, 6.07) is 12.2. The number of halogens is 1. The van der Waals surface area contributed by atoms with Gasteiger partial charge in [-0.3, -0.25) is 9.89 Å². The van der Waals surface area contributed by atoms with Gasteiger partial charge in [0.15, 0.2) is 5.96 Å². The van der Waals surface area contributed by atoms with Crippen LogP contribution in [-0.2, 0) is 11.3 Å². The Labute approximate surface area is 184 Å². The molecular weight excluding hydrogens is 469 g/mol. The van der Waals surface area contributed by atoms with Crippen LogP contribution in [0.2, 0.25) is 0 Å². The van der Waals surface area contributed by atoms with Gasteiger partial charge >= 0.3 is 0 Å². The molecule has 1 fully saturated rings. The Hall–Kier alpha value is -1.65. The van der Waals surface area contributed by atoms with Crippen molar-refractivity contribution in [1.29, 1.82) is 0 Å². The fourth-order valence-electron chi connectivity index (χ4n) is 3.24. The van der Waals surface area contributed by atoms with Gasteiger partial charge in [-0.2, -0.15) is 0 Å². The van der Waals surface area contributed by atoms with Crippen molar-refractivity contribution in [3.8, 4) is 0 Å². The van der Waals surface area contributed by atoms with E-state index in [0.29, 0.717) is 6.54 Å². The van der Waals surface area contributed by atoms with Crippen LogP contribution in [0.25, 0.3) is 0 Å². The molecule has 1 unspecified atom stereocenters. The van der Waals surface area contributed by atoms with Crippen LogP contribution in [0.15, 0.2) is 52.2 Å². The quantitative estimate of drug-likeness (QED) is 0.359. The average molecular weight is 499 g/mol. The molecule has 0 spiro atoms. The Bertz CT molecular complexity index is 688. The summed E-state index contributed by atoms with van der Waals surface area (Å²) in [6.45, 7) is 8.20.